The van der Waals surface area contributed by atoms with Gasteiger partial charge in [-0.2, -0.15) is 0 Å². The molecule has 3 nitrogen and oxygen atoms in total. The van der Waals surface area contributed by atoms with Gasteiger partial charge in [0.2, 0.25) is 5.82 Å². The van der Waals surface area contributed by atoms with E-state index < -0.39 is 46.7 Å². The molecule has 1 aliphatic rings. The molecule has 0 spiro atoms. The van der Waals surface area contributed by atoms with Crippen LogP contribution in [0.3, 0.4) is 0 Å². The maximum atomic E-state index is 13.9. The average Bonchev–Trinajstić information content (AvgIpc) is 2.52. The lowest BCUT2D eigenvalue weighted by molar-refractivity contribution is 0.0934. The van der Waals surface area contributed by atoms with E-state index in [0.717, 1.165) is 0 Å². The van der Waals surface area contributed by atoms with Crippen molar-refractivity contribution in [2.24, 2.45) is 0 Å². The number of benzene rings is 2. The second-order valence-electron chi connectivity index (χ2n) is 5.03. The van der Waals surface area contributed by atoms with E-state index in [1.54, 1.807) is 19.1 Å². The van der Waals surface area contributed by atoms with Crippen LogP contribution in [0.25, 0.3) is 0 Å². The average molecular weight is 328 g/mol. The van der Waals surface area contributed by atoms with Crippen molar-refractivity contribution in [3.8, 4) is 0 Å². The van der Waals surface area contributed by atoms with Crippen LogP contribution >= 0.6 is 0 Å². The zero-order valence-corrected chi connectivity index (χ0v) is 11.6. The summed E-state index contributed by atoms with van der Waals surface area (Å²) in [6.45, 7) is 1.64. The maximum absolute atomic E-state index is 13.9. The van der Waals surface area contributed by atoms with E-state index in [9.17, 15) is 26.7 Å². The Morgan fingerprint density at radius 2 is 1.43 bits per heavy atom. The Balaban J connectivity index is 2.16. The minimum absolute atomic E-state index is 0.213. The van der Waals surface area contributed by atoms with E-state index >= 15 is 0 Å². The number of nitrogens with one attached hydrogen (secondary N) is 2. The fourth-order valence-corrected chi connectivity index (χ4v) is 2.46. The van der Waals surface area contributed by atoms with Gasteiger partial charge in [0, 0.05) is 0 Å². The summed E-state index contributed by atoms with van der Waals surface area (Å²) in [5.41, 5.74) is -0.0646. The van der Waals surface area contributed by atoms with Gasteiger partial charge in [0.15, 0.2) is 23.3 Å². The Bertz CT molecular complexity index is 808. The molecule has 0 aliphatic carbocycles. The molecule has 0 saturated heterocycles. The molecule has 0 saturated carbocycles. The molecule has 1 aliphatic heterocycles. The maximum Gasteiger partial charge on any atom is 0.255 e. The highest BCUT2D eigenvalue weighted by Crippen LogP contribution is 2.33. The van der Waals surface area contributed by atoms with Crippen molar-refractivity contribution in [1.82, 2.24) is 5.32 Å². The highest BCUT2D eigenvalue weighted by molar-refractivity contribution is 6.02. The number of fused-ring (bicyclic) bond motifs is 1. The summed E-state index contributed by atoms with van der Waals surface area (Å²) >= 11 is 0. The standard InChI is InChI=1S/C15H9F5N2O/c1-5-3-2-4-6-13(5)21-14(22-15(6)23)7-8(16)10(18)12(20)11(19)9(7)17/h2-4,14,21H,1H3,(H,22,23)/t14-/m1/s1. The topological polar surface area (TPSA) is 41.1 Å². The molecule has 0 aromatic heterocycles. The van der Waals surface area contributed by atoms with Gasteiger partial charge in [-0.25, -0.2) is 22.0 Å². The van der Waals surface area contributed by atoms with Gasteiger partial charge in [0.1, 0.15) is 6.17 Å². The molecule has 2 N–H and O–H groups in total. The second kappa shape index (κ2) is 5.22. The Morgan fingerprint density at radius 1 is 0.870 bits per heavy atom. The van der Waals surface area contributed by atoms with Crippen LogP contribution in [0, 0.1) is 36.0 Å². The molecule has 0 fully saturated rings. The molecule has 23 heavy (non-hydrogen) atoms. The first-order valence-corrected chi connectivity index (χ1v) is 6.51. The van der Waals surface area contributed by atoms with Crippen LogP contribution in [0.1, 0.15) is 27.7 Å². The van der Waals surface area contributed by atoms with Crippen molar-refractivity contribution < 1.29 is 26.7 Å². The summed E-state index contributed by atoms with van der Waals surface area (Å²) in [5.74, 6) is -11.0. The van der Waals surface area contributed by atoms with Crippen LogP contribution in [0.4, 0.5) is 27.6 Å². The van der Waals surface area contributed by atoms with Crippen molar-refractivity contribution in [2.45, 2.75) is 13.1 Å². The molecular weight excluding hydrogens is 319 g/mol. The monoisotopic (exact) mass is 328 g/mol. The Labute approximate surface area is 127 Å². The highest BCUT2D eigenvalue weighted by atomic mass is 19.2. The van der Waals surface area contributed by atoms with E-state index in [2.05, 4.69) is 10.6 Å². The Kier molecular flexibility index (Phi) is 3.46. The molecule has 0 unspecified atom stereocenters. The first kappa shape index (κ1) is 15.3. The minimum atomic E-state index is -2.25. The van der Waals surface area contributed by atoms with E-state index in [-0.39, 0.29) is 11.3 Å². The van der Waals surface area contributed by atoms with Gasteiger partial charge in [0.25, 0.3) is 5.91 Å². The van der Waals surface area contributed by atoms with Gasteiger partial charge in [0.05, 0.1) is 16.8 Å². The summed E-state index contributed by atoms with van der Waals surface area (Å²) in [6, 6.07) is 4.72. The molecule has 8 heteroatoms. The normalized spacial score (nSPS) is 16.6. The van der Waals surface area contributed by atoms with E-state index in [4.69, 9.17) is 0 Å². The van der Waals surface area contributed by atoms with Crippen LogP contribution in [0.15, 0.2) is 18.2 Å². The summed E-state index contributed by atoms with van der Waals surface area (Å²) < 4.78 is 67.5. The van der Waals surface area contributed by atoms with E-state index in [0.29, 0.717) is 5.56 Å². The number of halogens is 5. The number of anilines is 1. The fraction of sp³-hybridized carbons (Fsp3) is 0.133. The third-order valence-electron chi connectivity index (χ3n) is 3.61. The zero-order chi connectivity index (χ0) is 16.9. The van der Waals surface area contributed by atoms with Gasteiger partial charge in [-0.3, -0.25) is 4.79 Å². The van der Waals surface area contributed by atoms with E-state index in [1.807, 2.05) is 0 Å². The number of amides is 1. The smallest absolute Gasteiger partial charge is 0.255 e. The van der Waals surface area contributed by atoms with Crippen molar-refractivity contribution in [1.29, 1.82) is 0 Å². The van der Waals surface area contributed by atoms with E-state index in [1.165, 1.54) is 6.07 Å². The lowest BCUT2D eigenvalue weighted by atomic mass is 10.0. The van der Waals surface area contributed by atoms with Crippen LogP contribution in [0.5, 0.6) is 0 Å². The molecule has 0 radical (unpaired) electrons. The molecule has 120 valence electrons. The largest absolute Gasteiger partial charge is 0.361 e. The first-order chi connectivity index (χ1) is 10.8. The number of aryl methyl sites for hydroxylation is 1. The van der Waals surface area contributed by atoms with Gasteiger partial charge in [-0.1, -0.05) is 12.1 Å². The number of hydrogen-bond acceptors (Lipinski definition) is 2. The Morgan fingerprint density at radius 3 is 2.04 bits per heavy atom. The first-order valence-electron chi connectivity index (χ1n) is 6.51. The molecule has 3 rings (SSSR count). The molecular formula is C15H9F5N2O. The predicted molar refractivity (Wildman–Crippen MR) is 71.2 cm³/mol. The number of carbonyl (C=O) groups excluding carboxylic acids is 1. The lowest BCUT2D eigenvalue weighted by Gasteiger charge is -2.29. The SMILES string of the molecule is Cc1cccc2c1N[C@@H](c1c(F)c(F)c(F)c(F)c1F)NC2=O. The van der Waals surface area contributed by atoms with Gasteiger partial charge < -0.3 is 10.6 Å². The van der Waals surface area contributed by atoms with Crippen molar-refractivity contribution >= 4 is 11.6 Å². The van der Waals surface area contributed by atoms with Gasteiger partial charge in [-0.05, 0) is 18.6 Å². The molecule has 2 aromatic rings. The predicted octanol–water partition coefficient (Wildman–Crippen LogP) is 3.54. The molecule has 0 bridgehead atoms. The zero-order valence-electron chi connectivity index (χ0n) is 11.6. The number of rotatable bonds is 1. The van der Waals surface area contributed by atoms with Crippen LogP contribution in [-0.2, 0) is 0 Å². The van der Waals surface area contributed by atoms with Gasteiger partial charge in [-0.15, -0.1) is 0 Å². The number of para-hydroxylation sites is 1. The summed E-state index contributed by atoms with van der Waals surface area (Å²) in [5, 5.41) is 4.79. The molecule has 1 heterocycles. The lowest BCUT2D eigenvalue weighted by Crippen LogP contribution is -2.40. The van der Waals surface area contributed by atoms with Crippen LogP contribution in [-0.4, -0.2) is 5.91 Å². The van der Waals surface area contributed by atoms with Crippen molar-refractivity contribution in [2.75, 3.05) is 5.32 Å². The number of carbonyl (C=O) groups is 1. The second-order valence-corrected chi connectivity index (χ2v) is 5.03. The van der Waals surface area contributed by atoms with Gasteiger partial charge >= 0.3 is 0 Å². The third-order valence-corrected chi connectivity index (χ3v) is 3.61. The van der Waals surface area contributed by atoms with Crippen LogP contribution in [0.2, 0.25) is 0 Å². The summed E-state index contributed by atoms with van der Waals surface area (Å²) in [6.07, 6.45) is -1.58. The minimum Gasteiger partial charge on any atom is -0.361 e. The van der Waals surface area contributed by atoms with Crippen molar-refractivity contribution in [3.63, 3.8) is 0 Å². The molecule has 2 aromatic carbocycles. The number of hydrogen-bond donors (Lipinski definition) is 2. The fourth-order valence-electron chi connectivity index (χ4n) is 2.46. The van der Waals surface area contributed by atoms with Crippen molar-refractivity contribution in [3.05, 3.63) is 64.0 Å². The summed E-state index contributed by atoms with van der Waals surface area (Å²) in [4.78, 5) is 12.0. The Hall–Kier alpha value is -2.64. The third kappa shape index (κ3) is 2.21. The molecule has 1 atom stereocenters. The quantitative estimate of drug-likeness (QED) is 0.478. The summed E-state index contributed by atoms with van der Waals surface area (Å²) in [7, 11) is 0. The highest BCUT2D eigenvalue weighted by Gasteiger charge is 2.34. The molecule has 1 amide bonds. The van der Waals surface area contributed by atoms with Crippen LogP contribution < -0.4 is 10.6 Å².